The maximum atomic E-state index is 12.7. The Labute approximate surface area is 128 Å². The van der Waals surface area contributed by atoms with Crippen LogP contribution < -0.4 is 0 Å². The minimum Gasteiger partial charge on any atom is -0.396 e. The summed E-state index contributed by atoms with van der Waals surface area (Å²) in [6.07, 6.45) is 5.27. The molecule has 6 nitrogen and oxygen atoms in total. The average molecular weight is 320 g/mol. The summed E-state index contributed by atoms with van der Waals surface area (Å²) in [6, 6.07) is 0. The van der Waals surface area contributed by atoms with E-state index in [0.29, 0.717) is 32.8 Å². The zero-order valence-electron chi connectivity index (χ0n) is 13.0. The van der Waals surface area contributed by atoms with Crippen LogP contribution in [0.5, 0.6) is 0 Å². The van der Waals surface area contributed by atoms with Crippen molar-refractivity contribution in [1.29, 1.82) is 0 Å². The van der Waals surface area contributed by atoms with Gasteiger partial charge in [-0.15, -0.1) is 0 Å². The highest BCUT2D eigenvalue weighted by molar-refractivity contribution is 7.86. The second kappa shape index (κ2) is 7.37. The summed E-state index contributed by atoms with van der Waals surface area (Å²) >= 11 is 0. The Balaban J connectivity index is 2.04. The van der Waals surface area contributed by atoms with Gasteiger partial charge in [0.15, 0.2) is 0 Å². The van der Waals surface area contributed by atoms with Crippen LogP contribution >= 0.6 is 0 Å². The maximum Gasteiger partial charge on any atom is 0.281 e. The second-order valence-corrected chi connectivity index (χ2v) is 8.23. The van der Waals surface area contributed by atoms with Crippen LogP contribution in [-0.4, -0.2) is 68.6 Å². The fraction of sp³-hybridized carbons (Fsp3) is 1.00. The van der Waals surface area contributed by atoms with Crippen molar-refractivity contribution in [3.05, 3.63) is 0 Å². The molecule has 2 rings (SSSR count). The van der Waals surface area contributed by atoms with Crippen LogP contribution in [0.2, 0.25) is 0 Å². The Kier molecular flexibility index (Phi) is 6.02. The third-order valence-corrected chi connectivity index (χ3v) is 6.72. The summed E-state index contributed by atoms with van der Waals surface area (Å²) in [5, 5.41) is 9.81. The van der Waals surface area contributed by atoms with Gasteiger partial charge in [-0.1, -0.05) is 0 Å². The first-order valence-corrected chi connectivity index (χ1v) is 9.29. The van der Waals surface area contributed by atoms with Crippen LogP contribution in [0.3, 0.4) is 0 Å². The number of hydrogen-bond donors (Lipinski definition) is 1. The quantitative estimate of drug-likeness (QED) is 0.705. The molecule has 0 aromatic heterocycles. The minimum absolute atomic E-state index is 0.0444. The molecule has 0 aromatic carbocycles. The Hall–Kier alpha value is -0.210. The molecule has 2 fully saturated rings. The molecule has 1 N–H and O–H groups in total. The topological polar surface area (TPSA) is 70.1 Å². The molecular weight excluding hydrogens is 292 g/mol. The van der Waals surface area contributed by atoms with E-state index in [1.807, 2.05) is 0 Å². The first kappa shape index (κ1) is 17.1. The van der Waals surface area contributed by atoms with Gasteiger partial charge in [0.05, 0.1) is 0 Å². The molecule has 0 aromatic rings. The molecule has 2 aliphatic heterocycles. The standard InChI is InChI=1S/C14H28N2O4S/c1-20-11-5-7-14(13-17)6-4-10-16(12-14)21(18,19)15-8-2-3-9-15/h17H,2-13H2,1H3/t14-/m1/s1. The van der Waals surface area contributed by atoms with Crippen molar-refractivity contribution < 1.29 is 18.3 Å². The van der Waals surface area contributed by atoms with E-state index in [2.05, 4.69) is 0 Å². The number of methoxy groups -OCH3 is 1. The summed E-state index contributed by atoms with van der Waals surface area (Å²) in [5.74, 6) is 0. The molecule has 0 amide bonds. The number of rotatable bonds is 7. The molecule has 7 heteroatoms. The van der Waals surface area contributed by atoms with E-state index in [-0.39, 0.29) is 12.0 Å². The van der Waals surface area contributed by atoms with Crippen molar-refractivity contribution in [3.8, 4) is 0 Å². The summed E-state index contributed by atoms with van der Waals surface area (Å²) in [7, 11) is -1.69. The number of aliphatic hydroxyl groups excluding tert-OH is 1. The van der Waals surface area contributed by atoms with Gasteiger partial charge in [0.1, 0.15) is 0 Å². The van der Waals surface area contributed by atoms with E-state index in [9.17, 15) is 13.5 Å². The fourth-order valence-electron chi connectivity index (χ4n) is 3.45. The Morgan fingerprint density at radius 3 is 2.43 bits per heavy atom. The smallest absolute Gasteiger partial charge is 0.281 e. The molecule has 0 aliphatic carbocycles. The largest absolute Gasteiger partial charge is 0.396 e. The third kappa shape index (κ3) is 3.96. The molecule has 124 valence electrons. The molecule has 0 radical (unpaired) electrons. The first-order chi connectivity index (χ1) is 10.0. The highest BCUT2D eigenvalue weighted by Gasteiger charge is 2.41. The molecule has 21 heavy (non-hydrogen) atoms. The molecule has 0 spiro atoms. The molecule has 2 aliphatic rings. The van der Waals surface area contributed by atoms with Gasteiger partial charge in [0.25, 0.3) is 10.2 Å². The van der Waals surface area contributed by atoms with Crippen LogP contribution in [0.25, 0.3) is 0 Å². The van der Waals surface area contributed by atoms with Crippen LogP contribution in [0.4, 0.5) is 0 Å². The van der Waals surface area contributed by atoms with E-state index >= 15 is 0 Å². The van der Waals surface area contributed by atoms with E-state index in [1.54, 1.807) is 15.7 Å². The van der Waals surface area contributed by atoms with Crippen LogP contribution in [0, 0.1) is 5.41 Å². The minimum atomic E-state index is -3.35. The van der Waals surface area contributed by atoms with Crippen molar-refractivity contribution in [3.63, 3.8) is 0 Å². The summed E-state index contributed by atoms with van der Waals surface area (Å²) < 4.78 is 33.6. The van der Waals surface area contributed by atoms with Gasteiger partial charge >= 0.3 is 0 Å². The zero-order chi connectivity index (χ0) is 15.3. The van der Waals surface area contributed by atoms with Gasteiger partial charge in [0, 0.05) is 51.9 Å². The SMILES string of the molecule is COCCC[C@]1(CO)CCCN(S(=O)(=O)N2CCCC2)C1. The van der Waals surface area contributed by atoms with E-state index in [1.165, 1.54) is 0 Å². The lowest BCUT2D eigenvalue weighted by atomic mass is 9.78. The number of nitrogens with zero attached hydrogens (tertiary/aromatic N) is 2. The number of hydrogen-bond acceptors (Lipinski definition) is 4. The van der Waals surface area contributed by atoms with Crippen LogP contribution in [-0.2, 0) is 14.9 Å². The highest BCUT2D eigenvalue weighted by atomic mass is 32.2. The Bertz CT molecular complexity index is 423. The summed E-state index contributed by atoms with van der Waals surface area (Å²) in [6.45, 7) is 2.98. The predicted molar refractivity (Wildman–Crippen MR) is 81.2 cm³/mol. The van der Waals surface area contributed by atoms with E-state index in [0.717, 1.165) is 38.5 Å². The van der Waals surface area contributed by atoms with Gasteiger partial charge in [-0.05, 0) is 38.5 Å². The zero-order valence-corrected chi connectivity index (χ0v) is 13.8. The van der Waals surface area contributed by atoms with Crippen molar-refractivity contribution in [2.45, 2.75) is 38.5 Å². The van der Waals surface area contributed by atoms with Gasteiger partial charge in [-0.3, -0.25) is 0 Å². The molecule has 0 bridgehead atoms. The lowest BCUT2D eigenvalue weighted by Gasteiger charge is -2.42. The number of aliphatic hydroxyl groups is 1. The monoisotopic (exact) mass is 320 g/mol. The lowest BCUT2D eigenvalue weighted by molar-refractivity contribution is 0.0455. The molecule has 0 saturated carbocycles. The molecule has 1 atom stereocenters. The van der Waals surface area contributed by atoms with Crippen molar-refractivity contribution in [2.24, 2.45) is 5.41 Å². The van der Waals surface area contributed by atoms with E-state index < -0.39 is 10.2 Å². The van der Waals surface area contributed by atoms with Crippen molar-refractivity contribution in [1.82, 2.24) is 8.61 Å². The predicted octanol–water partition coefficient (Wildman–Crippen LogP) is 0.828. The van der Waals surface area contributed by atoms with Crippen LogP contribution in [0.15, 0.2) is 0 Å². The first-order valence-electron chi connectivity index (χ1n) is 7.89. The highest BCUT2D eigenvalue weighted by Crippen LogP contribution is 2.36. The fourth-order valence-corrected chi connectivity index (χ4v) is 5.29. The molecular formula is C14H28N2O4S. The summed E-state index contributed by atoms with van der Waals surface area (Å²) in [5.41, 5.74) is -0.302. The number of ether oxygens (including phenoxy) is 1. The normalized spacial score (nSPS) is 29.0. The van der Waals surface area contributed by atoms with Gasteiger partial charge in [-0.2, -0.15) is 17.0 Å². The van der Waals surface area contributed by atoms with Crippen molar-refractivity contribution in [2.75, 3.05) is 46.5 Å². The van der Waals surface area contributed by atoms with Crippen molar-refractivity contribution >= 4 is 10.2 Å². The second-order valence-electron chi connectivity index (χ2n) is 6.31. The Morgan fingerprint density at radius 1 is 1.14 bits per heavy atom. The molecule has 0 unspecified atom stereocenters. The van der Waals surface area contributed by atoms with Gasteiger partial charge in [-0.25, -0.2) is 0 Å². The third-order valence-electron chi connectivity index (χ3n) is 4.73. The molecule has 2 heterocycles. The van der Waals surface area contributed by atoms with Gasteiger partial charge < -0.3 is 9.84 Å². The maximum absolute atomic E-state index is 12.7. The average Bonchev–Trinajstić information content (AvgIpc) is 3.03. The Morgan fingerprint density at radius 2 is 1.81 bits per heavy atom. The van der Waals surface area contributed by atoms with E-state index in [4.69, 9.17) is 4.74 Å². The van der Waals surface area contributed by atoms with Crippen LogP contribution in [0.1, 0.15) is 38.5 Å². The molecule has 2 saturated heterocycles. The lowest BCUT2D eigenvalue weighted by Crippen LogP contribution is -2.52. The number of piperidine rings is 1. The summed E-state index contributed by atoms with van der Waals surface area (Å²) in [4.78, 5) is 0. The van der Waals surface area contributed by atoms with Gasteiger partial charge in [0.2, 0.25) is 0 Å².